The highest BCUT2D eigenvalue weighted by molar-refractivity contribution is 7.85. The highest BCUT2D eigenvalue weighted by Gasteiger charge is 2.63. The minimum absolute atomic E-state index is 0.0608. The molecule has 264 valence electrons. The van der Waals surface area contributed by atoms with E-state index in [1.165, 1.54) is 70.6 Å². The van der Waals surface area contributed by atoms with E-state index in [0.29, 0.717) is 16.2 Å². The number of carbonyl (C=O) groups is 2. The highest BCUT2D eigenvalue weighted by atomic mass is 32.2. The van der Waals surface area contributed by atoms with Gasteiger partial charge in [-0.15, -0.1) is 0 Å². The third-order valence-corrected chi connectivity index (χ3v) is 18.0. The Hall–Kier alpha value is -1.19. The van der Waals surface area contributed by atoms with Crippen molar-refractivity contribution < 1.29 is 27.5 Å². The molecule has 8 fully saturated rings. The number of carbonyl (C=O) groups excluding carboxylic acids is 2. The molecule has 1 atom stereocenters. The van der Waals surface area contributed by atoms with Crippen molar-refractivity contribution in [3.63, 3.8) is 0 Å². The minimum Gasteiger partial charge on any atom is -0.355 e. The number of quaternary nitrogens is 1. The first-order valence-electron chi connectivity index (χ1n) is 19.4. The van der Waals surface area contributed by atoms with Crippen LogP contribution >= 0.6 is 0 Å². The predicted molar refractivity (Wildman–Crippen MR) is 181 cm³/mol. The Morgan fingerprint density at radius 1 is 0.574 bits per heavy atom. The van der Waals surface area contributed by atoms with Crippen molar-refractivity contribution >= 4 is 21.9 Å². The Morgan fingerprint density at radius 2 is 0.936 bits per heavy atom. The van der Waals surface area contributed by atoms with Crippen LogP contribution < -0.4 is 15.5 Å². The lowest BCUT2D eigenvalue weighted by atomic mass is 9.79. The lowest BCUT2D eigenvalue weighted by Crippen LogP contribution is -3.11. The number of nitrogens with one attached hydrogen (secondary N) is 3. The first-order chi connectivity index (χ1) is 22.1. The molecule has 0 aliphatic heterocycles. The standard InChI is InChI=1S/C38H61N3O5S/c1-3-31-4-6-32(20-31,7-5-31)24-39-29(42)37-16-18-38(23-37,19-17-37)30(43)40-25-33-8-10-34(21-33,11-9-33)26-41(2)27-35-12-14-36(22-35,15-13-35)28-47(44,45)46/h3-28H2,1-2H3,(H,39,42)(H,40,43)(H,44,45,46)/p+1. The van der Waals surface area contributed by atoms with Gasteiger partial charge in [-0.25, -0.2) is 0 Å². The van der Waals surface area contributed by atoms with Crippen molar-refractivity contribution in [2.24, 2.45) is 43.3 Å². The maximum absolute atomic E-state index is 13.9. The minimum atomic E-state index is -3.93. The van der Waals surface area contributed by atoms with E-state index in [4.69, 9.17) is 0 Å². The fraction of sp³-hybridized carbons (Fsp3) is 0.947. The van der Waals surface area contributed by atoms with Crippen molar-refractivity contribution in [1.29, 1.82) is 0 Å². The second kappa shape index (κ2) is 10.7. The molecule has 8 aliphatic rings. The Labute approximate surface area is 283 Å². The summed E-state index contributed by atoms with van der Waals surface area (Å²) in [4.78, 5) is 29.2. The molecule has 1 unspecified atom stereocenters. The van der Waals surface area contributed by atoms with Gasteiger partial charge in [-0.3, -0.25) is 14.1 Å². The van der Waals surface area contributed by atoms with Gasteiger partial charge in [0.2, 0.25) is 11.8 Å². The number of hydrogen-bond acceptors (Lipinski definition) is 4. The van der Waals surface area contributed by atoms with E-state index in [9.17, 15) is 22.6 Å². The second-order valence-electron chi connectivity index (χ2n) is 20.0. The molecule has 8 bridgehead atoms. The van der Waals surface area contributed by atoms with E-state index >= 15 is 0 Å². The molecule has 9 heteroatoms. The van der Waals surface area contributed by atoms with Crippen LogP contribution in [0.25, 0.3) is 0 Å². The molecular formula is C38H62N3O5S+. The fourth-order valence-corrected chi connectivity index (χ4v) is 15.6. The van der Waals surface area contributed by atoms with Gasteiger partial charge >= 0.3 is 0 Å². The van der Waals surface area contributed by atoms with E-state index in [-0.39, 0.29) is 44.6 Å². The Kier molecular flexibility index (Phi) is 7.48. The number of hydrogen-bond donors (Lipinski definition) is 4. The summed E-state index contributed by atoms with van der Waals surface area (Å²) < 4.78 is 33.0. The smallest absolute Gasteiger partial charge is 0.265 e. The fourth-order valence-electron chi connectivity index (χ4n) is 14.5. The van der Waals surface area contributed by atoms with Crippen LogP contribution in [0.4, 0.5) is 0 Å². The van der Waals surface area contributed by atoms with E-state index in [1.54, 1.807) is 4.90 Å². The molecule has 4 N–H and O–H groups in total. The summed E-state index contributed by atoms with van der Waals surface area (Å²) in [7, 11) is -1.59. The summed E-state index contributed by atoms with van der Waals surface area (Å²) >= 11 is 0. The Bertz CT molecular complexity index is 1390. The molecule has 0 aromatic heterocycles. The zero-order chi connectivity index (χ0) is 33.0. The van der Waals surface area contributed by atoms with Crippen molar-refractivity contribution in [1.82, 2.24) is 10.6 Å². The van der Waals surface area contributed by atoms with Crippen molar-refractivity contribution in [2.45, 2.75) is 142 Å². The summed E-state index contributed by atoms with van der Waals surface area (Å²) in [6.45, 7) is 6.23. The van der Waals surface area contributed by atoms with Crippen LogP contribution in [-0.2, 0) is 19.7 Å². The summed E-state index contributed by atoms with van der Waals surface area (Å²) in [6.07, 6.45) is 23.0. The van der Waals surface area contributed by atoms with E-state index < -0.39 is 10.1 Å². The second-order valence-corrected chi connectivity index (χ2v) is 21.5. The van der Waals surface area contributed by atoms with Gasteiger partial charge in [-0.1, -0.05) is 13.3 Å². The van der Waals surface area contributed by atoms with Crippen LogP contribution in [0.5, 0.6) is 0 Å². The molecule has 0 radical (unpaired) electrons. The van der Waals surface area contributed by atoms with E-state index in [1.807, 2.05) is 0 Å². The molecule has 0 spiro atoms. The predicted octanol–water partition coefficient (Wildman–Crippen LogP) is 4.83. The molecule has 0 aromatic rings. The number of amides is 2. The van der Waals surface area contributed by atoms with Crippen LogP contribution in [0.3, 0.4) is 0 Å². The molecule has 8 saturated carbocycles. The van der Waals surface area contributed by atoms with Gasteiger partial charge in [-0.05, 0) is 150 Å². The van der Waals surface area contributed by atoms with Crippen LogP contribution in [0.1, 0.15) is 142 Å². The third kappa shape index (κ3) is 5.53. The lowest BCUT2D eigenvalue weighted by molar-refractivity contribution is -0.893. The van der Waals surface area contributed by atoms with E-state index in [2.05, 4.69) is 24.6 Å². The summed E-state index contributed by atoms with van der Waals surface area (Å²) in [6, 6.07) is 0. The maximum Gasteiger partial charge on any atom is 0.265 e. The van der Waals surface area contributed by atoms with Crippen LogP contribution in [0, 0.1) is 43.3 Å². The SMILES string of the molecule is CCC12CCC(CNC(=O)C34CCC(C(=O)NCC56CCC(C[NH+](C)CC78CCC(CS(=O)(=O)O)(CC7)C8)(CC5)C6)(CC3)C4)(CC1)C2. The molecule has 0 aromatic carbocycles. The molecule has 0 saturated heterocycles. The summed E-state index contributed by atoms with van der Waals surface area (Å²) in [5.41, 5.74) is 0.789. The summed E-state index contributed by atoms with van der Waals surface area (Å²) in [5, 5.41) is 6.95. The molecule has 47 heavy (non-hydrogen) atoms. The first-order valence-corrected chi connectivity index (χ1v) is 21.0. The van der Waals surface area contributed by atoms with Gasteiger partial charge in [0, 0.05) is 23.9 Å². The van der Waals surface area contributed by atoms with Gasteiger partial charge in [0.1, 0.15) is 0 Å². The third-order valence-electron chi connectivity index (χ3n) is 17.0. The van der Waals surface area contributed by atoms with Crippen LogP contribution in [-0.4, -0.2) is 63.8 Å². The molecule has 8 nitrogen and oxygen atoms in total. The maximum atomic E-state index is 13.9. The van der Waals surface area contributed by atoms with Crippen molar-refractivity contribution in [3.8, 4) is 0 Å². The molecular weight excluding hydrogens is 611 g/mol. The monoisotopic (exact) mass is 672 g/mol. The number of fused-ring (bicyclic) bond motifs is 8. The van der Waals surface area contributed by atoms with Gasteiger partial charge in [0.15, 0.2) is 0 Å². The average molecular weight is 673 g/mol. The van der Waals surface area contributed by atoms with Gasteiger partial charge in [0.25, 0.3) is 10.1 Å². The van der Waals surface area contributed by atoms with Crippen molar-refractivity contribution in [2.75, 3.05) is 39.0 Å². The van der Waals surface area contributed by atoms with Crippen LogP contribution in [0.15, 0.2) is 0 Å². The lowest BCUT2D eigenvalue weighted by Gasteiger charge is -2.34. The van der Waals surface area contributed by atoms with Gasteiger partial charge < -0.3 is 15.5 Å². The average Bonchev–Trinajstić information content (AvgIpc) is 3.89. The topological polar surface area (TPSA) is 117 Å². The van der Waals surface area contributed by atoms with Gasteiger partial charge in [-0.2, -0.15) is 8.42 Å². The van der Waals surface area contributed by atoms with E-state index in [0.717, 1.165) is 90.4 Å². The van der Waals surface area contributed by atoms with Gasteiger partial charge in [0.05, 0.1) is 36.7 Å². The van der Waals surface area contributed by atoms with Crippen molar-refractivity contribution in [3.05, 3.63) is 0 Å². The Balaban J connectivity index is 0.819. The molecule has 8 rings (SSSR count). The molecule has 8 aliphatic carbocycles. The summed E-state index contributed by atoms with van der Waals surface area (Å²) in [5.74, 6) is 0.397. The molecule has 2 amide bonds. The zero-order valence-corrected chi connectivity index (χ0v) is 30.2. The Morgan fingerprint density at radius 3 is 1.34 bits per heavy atom. The normalized spacial score (nSPS) is 48.1. The zero-order valence-electron chi connectivity index (χ0n) is 29.4. The van der Waals surface area contributed by atoms with Crippen LogP contribution in [0.2, 0.25) is 0 Å². The quantitative estimate of drug-likeness (QED) is 0.209. The first kappa shape index (κ1) is 33.0. The molecule has 0 heterocycles. The highest BCUT2D eigenvalue weighted by Crippen LogP contribution is 2.65. The largest absolute Gasteiger partial charge is 0.355 e. The number of rotatable bonds is 13.